The van der Waals surface area contributed by atoms with Crippen molar-refractivity contribution in [1.82, 2.24) is 9.80 Å². The zero-order valence-corrected chi connectivity index (χ0v) is 11.0. The van der Waals surface area contributed by atoms with E-state index in [-0.39, 0.29) is 0 Å². The first-order valence-corrected chi connectivity index (χ1v) is 6.51. The van der Waals surface area contributed by atoms with Gasteiger partial charge in [-0.2, -0.15) is 13.2 Å². The lowest BCUT2D eigenvalue weighted by Crippen LogP contribution is -2.45. The summed E-state index contributed by atoms with van der Waals surface area (Å²) in [5.41, 5.74) is -0.218. The molecule has 1 aliphatic heterocycles. The normalized spacial score (nSPS) is 18.7. The van der Waals surface area contributed by atoms with E-state index in [0.717, 1.165) is 38.8 Å². The third-order valence-electron chi connectivity index (χ3n) is 3.57. The number of nitrogens with zero attached hydrogens (tertiary/aromatic N) is 2. The van der Waals surface area contributed by atoms with Crippen LogP contribution in [-0.2, 0) is 12.7 Å². The fourth-order valence-electron chi connectivity index (χ4n) is 2.37. The Balaban J connectivity index is 2.04. The predicted octanol–water partition coefficient (Wildman–Crippen LogP) is 2.64. The lowest BCUT2D eigenvalue weighted by Gasteiger charge is -2.34. The zero-order valence-electron chi connectivity index (χ0n) is 11.0. The van der Waals surface area contributed by atoms with E-state index in [0.29, 0.717) is 12.1 Å². The number of halogens is 3. The maximum Gasteiger partial charge on any atom is 0.416 e. The molecule has 0 saturated carbocycles. The molecule has 2 nitrogen and oxygen atoms in total. The lowest BCUT2D eigenvalue weighted by atomic mass is 10.1. The summed E-state index contributed by atoms with van der Waals surface area (Å²) in [6, 6.07) is 6.63. The summed E-state index contributed by atoms with van der Waals surface area (Å²) in [5, 5.41) is 0. The molecule has 0 atom stereocenters. The van der Waals surface area contributed by atoms with Crippen LogP contribution >= 0.6 is 0 Å². The molecule has 1 heterocycles. The summed E-state index contributed by atoms with van der Waals surface area (Å²) in [6.07, 6.45) is -4.29. The van der Waals surface area contributed by atoms with Crippen molar-refractivity contribution < 1.29 is 13.2 Å². The quantitative estimate of drug-likeness (QED) is 0.834. The molecule has 0 unspecified atom stereocenters. The van der Waals surface area contributed by atoms with Crippen LogP contribution in [0.2, 0.25) is 0 Å². The molecule has 0 bridgehead atoms. The van der Waals surface area contributed by atoms with E-state index in [1.807, 2.05) is 0 Å². The highest BCUT2D eigenvalue weighted by Gasteiger charge is 2.33. The molecule has 0 amide bonds. The first kappa shape index (κ1) is 14.3. The van der Waals surface area contributed by atoms with Crippen molar-refractivity contribution in [1.29, 1.82) is 0 Å². The highest BCUT2D eigenvalue weighted by molar-refractivity contribution is 5.29. The van der Waals surface area contributed by atoms with Crippen LogP contribution in [0.25, 0.3) is 0 Å². The standard InChI is InChI=1S/C14H18F3N2/c1-2-18-7-9-19(10-8-18)11-12-5-3-4-6-13(12)14(15,16)17/h3,5-6H,2,7-11H2,1H3. The summed E-state index contributed by atoms with van der Waals surface area (Å²) in [4.78, 5) is 4.39. The fourth-order valence-corrected chi connectivity index (χ4v) is 2.37. The molecule has 2 rings (SSSR count). The molecule has 1 fully saturated rings. The minimum absolute atomic E-state index is 0.344. The van der Waals surface area contributed by atoms with Crippen molar-refractivity contribution in [3.05, 3.63) is 35.4 Å². The van der Waals surface area contributed by atoms with Crippen LogP contribution in [-0.4, -0.2) is 42.5 Å². The molecular formula is C14H18F3N2. The summed E-state index contributed by atoms with van der Waals surface area (Å²) >= 11 is 0. The molecule has 19 heavy (non-hydrogen) atoms. The molecule has 105 valence electrons. The highest BCUT2D eigenvalue weighted by atomic mass is 19.4. The molecule has 0 aromatic heterocycles. The van der Waals surface area contributed by atoms with Gasteiger partial charge < -0.3 is 4.90 Å². The van der Waals surface area contributed by atoms with Gasteiger partial charge in [0, 0.05) is 32.7 Å². The third-order valence-corrected chi connectivity index (χ3v) is 3.57. The van der Waals surface area contributed by atoms with Crippen LogP contribution in [0.5, 0.6) is 0 Å². The van der Waals surface area contributed by atoms with Gasteiger partial charge in [0.15, 0.2) is 0 Å². The summed E-state index contributed by atoms with van der Waals surface area (Å²) in [5.74, 6) is 0. The van der Waals surface area contributed by atoms with E-state index in [4.69, 9.17) is 0 Å². The van der Waals surface area contributed by atoms with Crippen molar-refractivity contribution in [2.45, 2.75) is 19.6 Å². The average Bonchev–Trinajstić information content (AvgIpc) is 2.39. The molecule has 0 spiro atoms. The van der Waals surface area contributed by atoms with Crippen LogP contribution in [0.15, 0.2) is 18.2 Å². The Hall–Kier alpha value is -1.07. The molecule has 0 N–H and O–H groups in total. The third kappa shape index (κ3) is 3.70. The van der Waals surface area contributed by atoms with Gasteiger partial charge in [0.05, 0.1) is 5.56 Å². The maximum absolute atomic E-state index is 12.9. The Bertz CT molecular complexity index is 409. The van der Waals surface area contributed by atoms with E-state index in [2.05, 4.69) is 22.8 Å². The van der Waals surface area contributed by atoms with Gasteiger partial charge in [-0.25, -0.2) is 0 Å². The summed E-state index contributed by atoms with van der Waals surface area (Å²) in [6.45, 7) is 6.97. The number of likely N-dealkylation sites (N-methyl/N-ethyl adjacent to an activating group) is 1. The molecule has 0 aliphatic carbocycles. The first-order valence-electron chi connectivity index (χ1n) is 6.51. The number of rotatable bonds is 3. The minimum Gasteiger partial charge on any atom is -0.301 e. The van der Waals surface area contributed by atoms with Crippen molar-refractivity contribution in [2.75, 3.05) is 32.7 Å². The van der Waals surface area contributed by atoms with Gasteiger partial charge in [0.2, 0.25) is 0 Å². The van der Waals surface area contributed by atoms with Gasteiger partial charge in [-0.3, -0.25) is 4.90 Å². The van der Waals surface area contributed by atoms with Crippen LogP contribution in [0.1, 0.15) is 18.1 Å². The first-order chi connectivity index (χ1) is 9.00. The Morgan fingerprint density at radius 2 is 1.79 bits per heavy atom. The van der Waals surface area contributed by atoms with E-state index in [9.17, 15) is 13.2 Å². The van der Waals surface area contributed by atoms with Gasteiger partial charge in [0.1, 0.15) is 0 Å². The highest BCUT2D eigenvalue weighted by Crippen LogP contribution is 2.32. The number of alkyl halides is 3. The van der Waals surface area contributed by atoms with E-state index in [1.165, 1.54) is 6.07 Å². The minimum atomic E-state index is -4.29. The Morgan fingerprint density at radius 3 is 2.37 bits per heavy atom. The Labute approximate surface area is 111 Å². The fraction of sp³-hybridized carbons (Fsp3) is 0.571. The molecule has 1 radical (unpaired) electrons. The van der Waals surface area contributed by atoms with Gasteiger partial charge in [0.25, 0.3) is 0 Å². The summed E-state index contributed by atoms with van der Waals surface area (Å²) < 4.78 is 38.6. The zero-order chi connectivity index (χ0) is 13.9. The van der Waals surface area contributed by atoms with Crippen molar-refractivity contribution in [3.63, 3.8) is 0 Å². The Morgan fingerprint density at radius 1 is 1.16 bits per heavy atom. The molecular weight excluding hydrogens is 253 g/mol. The molecule has 5 heteroatoms. The van der Waals surface area contributed by atoms with E-state index < -0.39 is 11.7 Å². The lowest BCUT2D eigenvalue weighted by molar-refractivity contribution is -0.138. The van der Waals surface area contributed by atoms with Crippen LogP contribution in [0, 0.1) is 6.07 Å². The van der Waals surface area contributed by atoms with E-state index in [1.54, 1.807) is 6.07 Å². The van der Waals surface area contributed by atoms with Crippen molar-refractivity contribution in [3.8, 4) is 0 Å². The molecule has 1 saturated heterocycles. The molecule has 1 aromatic carbocycles. The van der Waals surface area contributed by atoms with Crippen molar-refractivity contribution in [2.24, 2.45) is 0 Å². The van der Waals surface area contributed by atoms with Crippen LogP contribution in [0.3, 0.4) is 0 Å². The molecule has 1 aromatic rings. The van der Waals surface area contributed by atoms with Gasteiger partial charge in [-0.1, -0.05) is 19.1 Å². The Kier molecular flexibility index (Phi) is 4.47. The maximum atomic E-state index is 12.9. The van der Waals surface area contributed by atoms with Crippen molar-refractivity contribution >= 4 is 0 Å². The topological polar surface area (TPSA) is 6.48 Å². The van der Waals surface area contributed by atoms with Gasteiger partial charge in [-0.15, -0.1) is 0 Å². The number of hydrogen-bond donors (Lipinski definition) is 0. The van der Waals surface area contributed by atoms with Gasteiger partial charge >= 0.3 is 6.18 Å². The van der Waals surface area contributed by atoms with E-state index >= 15 is 0 Å². The second kappa shape index (κ2) is 5.92. The number of hydrogen-bond acceptors (Lipinski definition) is 2. The summed E-state index contributed by atoms with van der Waals surface area (Å²) in [7, 11) is 0. The largest absolute Gasteiger partial charge is 0.416 e. The monoisotopic (exact) mass is 271 g/mol. The SMILES string of the molecule is CCN1CCN(Cc2cc[c]cc2C(F)(F)F)CC1. The van der Waals surface area contributed by atoms with Crippen LogP contribution in [0.4, 0.5) is 13.2 Å². The smallest absolute Gasteiger partial charge is 0.301 e. The molecule has 1 aliphatic rings. The van der Waals surface area contributed by atoms with Crippen LogP contribution < -0.4 is 0 Å². The van der Waals surface area contributed by atoms with Gasteiger partial charge in [-0.05, 0) is 24.2 Å². The second-order valence-electron chi connectivity index (χ2n) is 4.79. The number of piperazine rings is 1. The number of benzene rings is 1. The second-order valence-corrected chi connectivity index (χ2v) is 4.79. The average molecular weight is 271 g/mol. The predicted molar refractivity (Wildman–Crippen MR) is 67.7 cm³/mol.